The molecule has 1 unspecified atom stereocenters. The molecule has 3 aromatic carbocycles. The van der Waals surface area contributed by atoms with Crippen LogP contribution in [0.4, 0.5) is 0 Å². The average Bonchev–Trinajstić information content (AvgIpc) is 2.83. The number of hydrogen-bond acceptors (Lipinski definition) is 6. The predicted molar refractivity (Wildman–Crippen MR) is 119 cm³/mol. The van der Waals surface area contributed by atoms with Crippen LogP contribution in [0.5, 0.6) is 11.5 Å². The van der Waals surface area contributed by atoms with Crippen LogP contribution in [0.15, 0.2) is 83.8 Å². The summed E-state index contributed by atoms with van der Waals surface area (Å²) in [6, 6.07) is 22.8. The maximum Gasteiger partial charge on any atom is 0.244 e. The minimum absolute atomic E-state index is 0.0804. The predicted octanol–water partition coefficient (Wildman–Crippen LogP) is 3.55. The Morgan fingerprint density at radius 2 is 1.53 bits per heavy atom. The molecule has 0 saturated carbocycles. The summed E-state index contributed by atoms with van der Waals surface area (Å²) in [5.41, 5.74) is 3.29. The molecular formula is C24H25NO6S. The number of sulfone groups is 1. The highest BCUT2D eigenvalue weighted by atomic mass is 32.2. The van der Waals surface area contributed by atoms with Crippen molar-refractivity contribution in [3.05, 3.63) is 90.0 Å². The highest BCUT2D eigenvalue weighted by molar-refractivity contribution is 7.92. The lowest BCUT2D eigenvalue weighted by Crippen LogP contribution is -2.31. The minimum atomic E-state index is -3.84. The number of carbonyl (C=O) groups is 1. The zero-order chi connectivity index (χ0) is 23.0. The van der Waals surface area contributed by atoms with Crippen molar-refractivity contribution in [3.8, 4) is 11.5 Å². The van der Waals surface area contributed by atoms with Gasteiger partial charge in [-0.2, -0.15) is 0 Å². The van der Waals surface area contributed by atoms with E-state index in [2.05, 4.69) is 0 Å². The molecule has 7 nitrogen and oxygen atoms in total. The van der Waals surface area contributed by atoms with E-state index in [-0.39, 0.29) is 17.7 Å². The van der Waals surface area contributed by atoms with E-state index < -0.39 is 21.0 Å². The van der Waals surface area contributed by atoms with Gasteiger partial charge >= 0.3 is 0 Å². The maximum absolute atomic E-state index is 13.2. The Morgan fingerprint density at radius 3 is 2.12 bits per heavy atom. The molecule has 0 bridgehead atoms. The lowest BCUT2D eigenvalue weighted by atomic mass is 10.1. The lowest BCUT2D eigenvalue weighted by molar-refractivity contribution is -0.129. The maximum atomic E-state index is 13.2. The van der Waals surface area contributed by atoms with Crippen LogP contribution in [0, 0.1) is 0 Å². The number of methoxy groups -OCH3 is 1. The Kier molecular flexibility index (Phi) is 7.86. The van der Waals surface area contributed by atoms with Crippen molar-refractivity contribution in [1.82, 2.24) is 5.48 Å². The lowest BCUT2D eigenvalue weighted by Gasteiger charge is -2.18. The summed E-state index contributed by atoms with van der Waals surface area (Å²) in [7, 11) is -2.35. The Balaban J connectivity index is 1.75. The molecule has 0 spiro atoms. The van der Waals surface area contributed by atoms with Crippen LogP contribution in [-0.2, 0) is 27.7 Å². The molecule has 2 N–H and O–H groups in total. The van der Waals surface area contributed by atoms with Gasteiger partial charge in [-0.3, -0.25) is 10.0 Å². The molecule has 3 rings (SSSR count). The summed E-state index contributed by atoms with van der Waals surface area (Å²) in [5, 5.41) is 7.86. The Labute approximate surface area is 187 Å². The second-order valence-electron chi connectivity index (χ2n) is 7.20. The first kappa shape index (κ1) is 23.3. The fraction of sp³-hybridized carbons (Fsp3) is 0.208. The van der Waals surface area contributed by atoms with E-state index in [4.69, 9.17) is 14.7 Å². The summed E-state index contributed by atoms with van der Waals surface area (Å²) in [4.78, 5) is 11.9. The Bertz CT molecular complexity index is 1110. The zero-order valence-electron chi connectivity index (χ0n) is 17.6. The summed E-state index contributed by atoms with van der Waals surface area (Å²) in [5.74, 6) is 0.412. The second kappa shape index (κ2) is 10.8. The van der Waals surface area contributed by atoms with Gasteiger partial charge in [-0.15, -0.1) is 0 Å². The van der Waals surface area contributed by atoms with Gasteiger partial charge in [-0.25, -0.2) is 13.9 Å². The molecule has 0 aromatic heterocycles. The van der Waals surface area contributed by atoms with Gasteiger partial charge in [-0.05, 0) is 53.9 Å². The molecular weight excluding hydrogens is 430 g/mol. The first-order valence-electron chi connectivity index (χ1n) is 9.99. The van der Waals surface area contributed by atoms with Gasteiger partial charge in [0.25, 0.3) is 0 Å². The van der Waals surface area contributed by atoms with Crippen LogP contribution in [0.3, 0.4) is 0 Å². The van der Waals surface area contributed by atoms with Crippen molar-refractivity contribution in [2.24, 2.45) is 0 Å². The van der Waals surface area contributed by atoms with Crippen LogP contribution in [-0.4, -0.2) is 31.9 Å². The van der Waals surface area contributed by atoms with Crippen molar-refractivity contribution in [3.63, 3.8) is 0 Å². The second-order valence-corrected chi connectivity index (χ2v) is 9.43. The third-order valence-corrected chi connectivity index (χ3v) is 7.14. The molecule has 8 heteroatoms. The standard InChI is InChI=1S/C24H25NO6S/c1-30-20-11-13-22(14-12-20)32(28,29)23(16-24(26)25-27)15-18-7-9-21(10-8-18)31-17-19-5-3-2-4-6-19/h2-14,23,27H,15-17H2,1H3,(H,25,26). The molecule has 168 valence electrons. The number of rotatable bonds is 10. The third kappa shape index (κ3) is 6.09. The molecule has 0 aliphatic carbocycles. The topological polar surface area (TPSA) is 102 Å². The SMILES string of the molecule is COc1ccc(S(=O)(=O)C(CC(=O)NO)Cc2ccc(OCc3ccccc3)cc2)cc1. The van der Waals surface area contributed by atoms with Gasteiger partial charge in [0.05, 0.1) is 17.3 Å². The van der Waals surface area contributed by atoms with Gasteiger partial charge in [0, 0.05) is 6.42 Å². The normalized spacial score (nSPS) is 12.1. The van der Waals surface area contributed by atoms with E-state index in [1.807, 2.05) is 30.3 Å². The molecule has 0 radical (unpaired) electrons. The number of carbonyl (C=O) groups excluding carboxylic acids is 1. The van der Waals surface area contributed by atoms with E-state index in [0.717, 1.165) is 11.1 Å². The first-order valence-corrected chi connectivity index (χ1v) is 11.5. The van der Waals surface area contributed by atoms with Gasteiger partial charge < -0.3 is 9.47 Å². The number of nitrogens with one attached hydrogen (secondary N) is 1. The Hall–Kier alpha value is -3.36. The summed E-state index contributed by atoms with van der Waals surface area (Å²) >= 11 is 0. The number of amides is 1. The third-order valence-electron chi connectivity index (χ3n) is 5.00. The zero-order valence-corrected chi connectivity index (χ0v) is 18.4. The summed E-state index contributed by atoms with van der Waals surface area (Å²) < 4.78 is 37.2. The van der Waals surface area contributed by atoms with Crippen LogP contribution >= 0.6 is 0 Å². The van der Waals surface area contributed by atoms with Crippen molar-refractivity contribution >= 4 is 15.7 Å². The molecule has 1 amide bonds. The van der Waals surface area contributed by atoms with Crippen LogP contribution in [0.2, 0.25) is 0 Å². The van der Waals surface area contributed by atoms with E-state index in [9.17, 15) is 13.2 Å². The number of hydrogen-bond donors (Lipinski definition) is 2. The molecule has 1 atom stereocenters. The van der Waals surface area contributed by atoms with Crippen molar-refractivity contribution in [1.29, 1.82) is 0 Å². The van der Waals surface area contributed by atoms with Crippen molar-refractivity contribution in [2.75, 3.05) is 7.11 Å². The van der Waals surface area contributed by atoms with Crippen molar-refractivity contribution < 1.29 is 27.9 Å². The van der Waals surface area contributed by atoms with Gasteiger partial charge in [0.15, 0.2) is 9.84 Å². The number of ether oxygens (including phenoxy) is 2. The minimum Gasteiger partial charge on any atom is -0.497 e. The van der Waals surface area contributed by atoms with Crippen LogP contribution in [0.25, 0.3) is 0 Å². The van der Waals surface area contributed by atoms with Gasteiger partial charge in [0.1, 0.15) is 18.1 Å². The molecule has 0 fully saturated rings. The fourth-order valence-electron chi connectivity index (χ4n) is 3.23. The van der Waals surface area contributed by atoms with Crippen LogP contribution < -0.4 is 15.0 Å². The molecule has 0 aliphatic heterocycles. The first-order chi connectivity index (χ1) is 15.4. The molecule has 0 aliphatic rings. The highest BCUT2D eigenvalue weighted by Crippen LogP contribution is 2.25. The fourth-order valence-corrected chi connectivity index (χ4v) is 4.91. The number of benzene rings is 3. The van der Waals surface area contributed by atoms with E-state index in [1.54, 1.807) is 36.4 Å². The molecule has 3 aromatic rings. The monoisotopic (exact) mass is 455 g/mol. The van der Waals surface area contributed by atoms with E-state index in [0.29, 0.717) is 18.1 Å². The smallest absolute Gasteiger partial charge is 0.244 e. The highest BCUT2D eigenvalue weighted by Gasteiger charge is 2.30. The van der Waals surface area contributed by atoms with Crippen molar-refractivity contribution in [2.45, 2.75) is 29.6 Å². The molecule has 0 heterocycles. The Morgan fingerprint density at radius 1 is 0.906 bits per heavy atom. The average molecular weight is 456 g/mol. The summed E-state index contributed by atoms with van der Waals surface area (Å²) in [6.07, 6.45) is -0.280. The molecule has 0 saturated heterocycles. The number of hydroxylamine groups is 1. The van der Waals surface area contributed by atoms with E-state index in [1.165, 1.54) is 24.7 Å². The quantitative estimate of drug-likeness (QED) is 0.358. The summed E-state index contributed by atoms with van der Waals surface area (Å²) in [6.45, 7) is 0.422. The van der Waals surface area contributed by atoms with Crippen LogP contribution in [0.1, 0.15) is 17.5 Å². The van der Waals surface area contributed by atoms with Gasteiger partial charge in [0.2, 0.25) is 5.91 Å². The molecule has 32 heavy (non-hydrogen) atoms. The largest absolute Gasteiger partial charge is 0.497 e. The van der Waals surface area contributed by atoms with E-state index >= 15 is 0 Å². The van der Waals surface area contributed by atoms with Gasteiger partial charge in [-0.1, -0.05) is 42.5 Å².